The molecule has 1 fully saturated rings. The molecule has 0 atom stereocenters. The summed E-state index contributed by atoms with van der Waals surface area (Å²) in [6.45, 7) is 6.89. The lowest BCUT2D eigenvalue weighted by molar-refractivity contribution is 0.0745. The fourth-order valence-electron chi connectivity index (χ4n) is 4.13. The van der Waals surface area contributed by atoms with E-state index in [2.05, 4.69) is 11.9 Å². The van der Waals surface area contributed by atoms with Gasteiger partial charge in [-0.1, -0.05) is 19.1 Å². The van der Waals surface area contributed by atoms with Crippen molar-refractivity contribution in [1.82, 2.24) is 14.5 Å². The second-order valence-electron chi connectivity index (χ2n) is 7.84. The van der Waals surface area contributed by atoms with Crippen molar-refractivity contribution in [3.63, 3.8) is 0 Å². The van der Waals surface area contributed by atoms with Gasteiger partial charge in [0, 0.05) is 38.3 Å². The molecule has 1 aromatic heterocycles. The first-order valence-corrected chi connectivity index (χ1v) is 10.7. The number of piperazine rings is 1. The molecule has 0 N–H and O–H groups in total. The third-order valence-electron chi connectivity index (χ3n) is 5.81. The number of ether oxygens (including phenoxy) is 1. The van der Waals surface area contributed by atoms with Crippen LogP contribution in [0, 0.1) is 6.92 Å². The minimum Gasteiger partial charge on any atom is -0.497 e. The molecule has 4 rings (SSSR count). The first kappa shape index (κ1) is 20.9. The molecule has 1 aliphatic rings. The molecule has 1 amide bonds. The van der Waals surface area contributed by atoms with Crippen LogP contribution in [0.15, 0.2) is 47.3 Å². The van der Waals surface area contributed by atoms with Crippen LogP contribution in [0.4, 0.5) is 5.82 Å². The smallest absolute Gasteiger partial charge is 0.294 e. The fourth-order valence-corrected chi connectivity index (χ4v) is 4.13. The van der Waals surface area contributed by atoms with Gasteiger partial charge in [-0.3, -0.25) is 9.59 Å². The van der Waals surface area contributed by atoms with E-state index in [0.29, 0.717) is 44.1 Å². The van der Waals surface area contributed by atoms with Gasteiger partial charge in [-0.15, -0.1) is 0 Å². The maximum atomic E-state index is 13.2. The van der Waals surface area contributed by atoms with Gasteiger partial charge < -0.3 is 19.1 Å². The van der Waals surface area contributed by atoms with Crippen molar-refractivity contribution < 1.29 is 9.53 Å². The van der Waals surface area contributed by atoms with Gasteiger partial charge in [-0.2, -0.15) is 0 Å². The molecule has 162 valence electrons. The number of anilines is 1. The minimum atomic E-state index is -0.0636. The largest absolute Gasteiger partial charge is 0.497 e. The van der Waals surface area contributed by atoms with Gasteiger partial charge in [0.05, 0.1) is 18.1 Å². The lowest BCUT2D eigenvalue weighted by atomic mass is 10.1. The van der Waals surface area contributed by atoms with Crippen LogP contribution in [0.2, 0.25) is 0 Å². The van der Waals surface area contributed by atoms with Crippen LogP contribution < -0.4 is 15.2 Å². The number of para-hydroxylation sites is 2. The molecule has 0 bridgehead atoms. The molecule has 0 radical (unpaired) electrons. The molecule has 2 aromatic carbocycles. The normalized spacial score (nSPS) is 14.2. The summed E-state index contributed by atoms with van der Waals surface area (Å²) < 4.78 is 7.05. The zero-order chi connectivity index (χ0) is 22.0. The number of fused-ring (bicyclic) bond motifs is 1. The van der Waals surface area contributed by atoms with Crippen molar-refractivity contribution in [2.24, 2.45) is 0 Å². The van der Waals surface area contributed by atoms with E-state index in [1.54, 1.807) is 7.11 Å². The molecule has 0 saturated carbocycles. The van der Waals surface area contributed by atoms with Crippen molar-refractivity contribution in [3.8, 4) is 5.75 Å². The lowest BCUT2D eigenvalue weighted by Gasteiger charge is -2.35. The Bertz CT molecular complexity index is 1160. The van der Waals surface area contributed by atoms with Crippen LogP contribution in [-0.4, -0.2) is 53.6 Å². The summed E-state index contributed by atoms with van der Waals surface area (Å²) in [7, 11) is 1.62. The molecule has 1 aliphatic heterocycles. The number of methoxy groups -OCH3 is 1. The predicted octanol–water partition coefficient (Wildman–Crippen LogP) is 3.09. The quantitative estimate of drug-likeness (QED) is 0.635. The highest BCUT2D eigenvalue weighted by molar-refractivity contribution is 5.96. The Morgan fingerprint density at radius 3 is 2.52 bits per heavy atom. The van der Waals surface area contributed by atoms with Gasteiger partial charge in [-0.25, -0.2) is 4.98 Å². The summed E-state index contributed by atoms with van der Waals surface area (Å²) in [4.78, 5) is 34.7. The number of benzene rings is 2. The molecule has 0 spiro atoms. The van der Waals surface area contributed by atoms with Crippen molar-refractivity contribution in [1.29, 1.82) is 0 Å². The van der Waals surface area contributed by atoms with Crippen LogP contribution in [0.1, 0.15) is 29.3 Å². The Hall–Kier alpha value is -3.35. The lowest BCUT2D eigenvalue weighted by Crippen LogP contribution is -2.50. The summed E-state index contributed by atoms with van der Waals surface area (Å²) in [5.41, 5.74) is 3.19. The van der Waals surface area contributed by atoms with E-state index < -0.39 is 0 Å². The second kappa shape index (κ2) is 8.79. The maximum Gasteiger partial charge on any atom is 0.294 e. The van der Waals surface area contributed by atoms with Crippen molar-refractivity contribution in [2.45, 2.75) is 26.8 Å². The van der Waals surface area contributed by atoms with Gasteiger partial charge >= 0.3 is 0 Å². The number of nitrogens with zero attached hydrogens (tertiary/aromatic N) is 4. The molecule has 31 heavy (non-hydrogen) atoms. The van der Waals surface area contributed by atoms with Crippen LogP contribution >= 0.6 is 0 Å². The van der Waals surface area contributed by atoms with Gasteiger partial charge in [0.1, 0.15) is 5.75 Å². The Morgan fingerprint density at radius 1 is 1.10 bits per heavy atom. The molecular weight excluding hydrogens is 392 g/mol. The Labute approximate surface area is 181 Å². The Balaban J connectivity index is 1.55. The summed E-state index contributed by atoms with van der Waals surface area (Å²) in [6, 6.07) is 13.3. The van der Waals surface area contributed by atoms with Crippen LogP contribution in [-0.2, 0) is 6.54 Å². The number of carbonyl (C=O) groups excluding carboxylic acids is 1. The zero-order valence-electron chi connectivity index (χ0n) is 18.3. The standard InChI is InChI=1S/C24H28N4O3/c1-4-11-28-21-8-6-5-7-20(21)25-22(24(28)30)26-12-14-27(15-13-26)23(29)19-10-9-18(31-3)16-17(19)2/h5-10,16H,4,11-15H2,1-3H3. The van der Waals surface area contributed by atoms with E-state index in [0.717, 1.165) is 28.8 Å². The van der Waals surface area contributed by atoms with E-state index in [1.165, 1.54) is 0 Å². The average Bonchev–Trinajstić information content (AvgIpc) is 2.80. The maximum absolute atomic E-state index is 13.2. The predicted molar refractivity (Wildman–Crippen MR) is 122 cm³/mol. The summed E-state index contributed by atoms with van der Waals surface area (Å²) >= 11 is 0. The molecule has 0 aliphatic carbocycles. The summed E-state index contributed by atoms with van der Waals surface area (Å²) in [6.07, 6.45) is 0.872. The molecule has 2 heterocycles. The summed E-state index contributed by atoms with van der Waals surface area (Å²) in [5, 5.41) is 0. The van der Waals surface area contributed by atoms with Gasteiger partial charge in [0.15, 0.2) is 5.82 Å². The first-order chi connectivity index (χ1) is 15.0. The number of rotatable bonds is 5. The van der Waals surface area contributed by atoms with E-state index in [4.69, 9.17) is 4.74 Å². The van der Waals surface area contributed by atoms with Crippen LogP contribution in [0.3, 0.4) is 0 Å². The Morgan fingerprint density at radius 2 is 1.84 bits per heavy atom. The van der Waals surface area contributed by atoms with E-state index in [1.807, 2.05) is 63.8 Å². The van der Waals surface area contributed by atoms with Crippen LogP contribution in [0.5, 0.6) is 5.75 Å². The number of aryl methyl sites for hydroxylation is 2. The highest BCUT2D eigenvalue weighted by Gasteiger charge is 2.26. The van der Waals surface area contributed by atoms with E-state index in [-0.39, 0.29) is 11.5 Å². The fraction of sp³-hybridized carbons (Fsp3) is 0.375. The third-order valence-corrected chi connectivity index (χ3v) is 5.81. The minimum absolute atomic E-state index is 0.00895. The molecule has 7 nitrogen and oxygen atoms in total. The van der Waals surface area contributed by atoms with Gasteiger partial charge in [0.25, 0.3) is 11.5 Å². The topological polar surface area (TPSA) is 67.7 Å². The third kappa shape index (κ3) is 4.00. The molecule has 1 saturated heterocycles. The molecular formula is C24H28N4O3. The number of amides is 1. The SMILES string of the molecule is CCCn1c(=O)c(N2CCN(C(=O)c3ccc(OC)cc3C)CC2)nc2ccccc21. The zero-order valence-corrected chi connectivity index (χ0v) is 18.3. The van der Waals surface area contributed by atoms with Gasteiger partial charge in [0.2, 0.25) is 0 Å². The number of aromatic nitrogens is 2. The van der Waals surface area contributed by atoms with Crippen molar-refractivity contribution in [3.05, 3.63) is 63.9 Å². The second-order valence-corrected chi connectivity index (χ2v) is 7.84. The van der Waals surface area contributed by atoms with Crippen molar-refractivity contribution >= 4 is 22.8 Å². The monoisotopic (exact) mass is 420 g/mol. The van der Waals surface area contributed by atoms with E-state index in [9.17, 15) is 9.59 Å². The highest BCUT2D eigenvalue weighted by Crippen LogP contribution is 2.20. The number of hydrogen-bond acceptors (Lipinski definition) is 5. The average molecular weight is 421 g/mol. The molecule has 0 unspecified atom stereocenters. The molecule has 3 aromatic rings. The number of hydrogen-bond donors (Lipinski definition) is 0. The summed E-state index contributed by atoms with van der Waals surface area (Å²) in [5.74, 6) is 1.22. The van der Waals surface area contributed by atoms with Crippen molar-refractivity contribution in [2.75, 3.05) is 38.2 Å². The highest BCUT2D eigenvalue weighted by atomic mass is 16.5. The van der Waals surface area contributed by atoms with Gasteiger partial charge in [-0.05, 0) is 49.2 Å². The Kier molecular flexibility index (Phi) is 5.93. The molecule has 7 heteroatoms. The van der Waals surface area contributed by atoms with E-state index >= 15 is 0 Å². The number of carbonyl (C=O) groups is 1. The van der Waals surface area contributed by atoms with Crippen LogP contribution in [0.25, 0.3) is 11.0 Å². The first-order valence-electron chi connectivity index (χ1n) is 10.7.